The monoisotopic (exact) mass is 785 g/mol. The van der Waals surface area contributed by atoms with Gasteiger partial charge in [-0.05, 0) is 84.3 Å². The fraction of sp³-hybridized carbons (Fsp3) is 0. The van der Waals surface area contributed by atoms with Crippen LogP contribution in [0, 0.1) is 0 Å². The fourth-order valence-corrected chi connectivity index (χ4v) is 16.3. The zero-order chi connectivity index (χ0) is 38.9. The molecule has 9 aromatic carbocycles. The van der Waals surface area contributed by atoms with E-state index in [1.54, 1.807) is 0 Å². The number of hydrogen-bond acceptors (Lipinski definition) is 3. The van der Waals surface area contributed by atoms with Crippen LogP contribution in [0.4, 0.5) is 17.1 Å². The molecule has 0 saturated carbocycles. The van der Waals surface area contributed by atoms with Gasteiger partial charge in [-0.2, -0.15) is 0 Å². The highest BCUT2D eigenvalue weighted by molar-refractivity contribution is 8.00. The molecule has 2 nitrogen and oxygen atoms in total. The first-order valence-corrected chi connectivity index (χ1v) is 23.1. The maximum absolute atomic E-state index is 7.15. The van der Waals surface area contributed by atoms with E-state index in [4.69, 9.17) is 4.74 Å². The van der Waals surface area contributed by atoms with Crippen molar-refractivity contribution in [1.29, 1.82) is 0 Å². The number of nitrogens with zero attached hydrogens (tertiary/aromatic N) is 1. The van der Waals surface area contributed by atoms with Crippen molar-refractivity contribution in [2.24, 2.45) is 0 Å². The van der Waals surface area contributed by atoms with E-state index >= 15 is 0 Å². The summed E-state index contributed by atoms with van der Waals surface area (Å²) in [7, 11) is -2.75. The van der Waals surface area contributed by atoms with Gasteiger partial charge in [0, 0.05) is 27.2 Å². The molecule has 0 atom stereocenters. The predicted molar refractivity (Wildman–Crippen MR) is 251 cm³/mol. The van der Waals surface area contributed by atoms with Gasteiger partial charge in [0.15, 0.2) is 8.07 Å². The minimum Gasteiger partial charge on any atom is -0.458 e. The smallest absolute Gasteiger partial charge is 0.253 e. The van der Waals surface area contributed by atoms with Crippen molar-refractivity contribution >= 4 is 80.7 Å². The van der Waals surface area contributed by atoms with Gasteiger partial charge in [-0.25, -0.2) is 0 Å². The lowest BCUT2D eigenvalue weighted by Crippen LogP contribution is -2.77. The van der Waals surface area contributed by atoms with E-state index in [1.165, 1.54) is 75.0 Å². The van der Waals surface area contributed by atoms with Gasteiger partial charge in [0.05, 0.1) is 5.69 Å². The van der Waals surface area contributed by atoms with E-state index in [-0.39, 0.29) is 6.71 Å². The van der Waals surface area contributed by atoms with Crippen LogP contribution < -0.4 is 46.8 Å². The van der Waals surface area contributed by atoms with Gasteiger partial charge in [0.25, 0.3) is 6.71 Å². The van der Waals surface area contributed by atoms with Gasteiger partial charge in [-0.1, -0.05) is 199 Å². The summed E-state index contributed by atoms with van der Waals surface area (Å²) in [6.07, 6.45) is 0. The number of benzene rings is 9. The van der Waals surface area contributed by atoms with E-state index in [0.717, 1.165) is 22.7 Å². The summed E-state index contributed by atoms with van der Waals surface area (Å²) in [6.45, 7) is 0.0424. The van der Waals surface area contributed by atoms with E-state index in [1.807, 2.05) is 11.8 Å². The summed E-state index contributed by atoms with van der Waals surface area (Å²) < 4.78 is 7.15. The largest absolute Gasteiger partial charge is 0.458 e. The molecule has 0 unspecified atom stereocenters. The summed E-state index contributed by atoms with van der Waals surface area (Å²) in [5.41, 5.74) is 12.1. The first-order valence-electron chi connectivity index (χ1n) is 20.3. The van der Waals surface area contributed by atoms with E-state index in [9.17, 15) is 0 Å². The van der Waals surface area contributed by atoms with Crippen LogP contribution in [0.15, 0.2) is 228 Å². The third-order valence-electron chi connectivity index (χ3n) is 12.5. The molecule has 276 valence electrons. The Morgan fingerprint density at radius 1 is 0.407 bits per heavy atom. The zero-order valence-electron chi connectivity index (χ0n) is 32.1. The summed E-state index contributed by atoms with van der Waals surface area (Å²) in [5.74, 6) is 1.83. The second-order valence-electron chi connectivity index (χ2n) is 15.6. The van der Waals surface area contributed by atoms with Gasteiger partial charge in [0.1, 0.15) is 11.5 Å². The van der Waals surface area contributed by atoms with Crippen molar-refractivity contribution in [2.75, 3.05) is 4.90 Å². The van der Waals surface area contributed by atoms with Crippen LogP contribution in [0.25, 0.3) is 22.3 Å². The number of hydrogen-bond donors (Lipinski definition) is 0. The van der Waals surface area contributed by atoms with E-state index in [0.29, 0.717) is 0 Å². The molecule has 0 bridgehead atoms. The Bertz CT molecular complexity index is 2860. The third kappa shape index (κ3) is 5.28. The maximum atomic E-state index is 7.15. The van der Waals surface area contributed by atoms with E-state index in [2.05, 4.69) is 223 Å². The molecule has 0 amide bonds. The normalized spacial score (nSPS) is 13.9. The van der Waals surface area contributed by atoms with Gasteiger partial charge >= 0.3 is 0 Å². The lowest BCUT2D eigenvalue weighted by atomic mass is 9.35. The molecule has 0 aliphatic carbocycles. The Kier molecular flexibility index (Phi) is 7.94. The first-order chi connectivity index (χ1) is 29.3. The van der Waals surface area contributed by atoms with Crippen molar-refractivity contribution in [3.05, 3.63) is 218 Å². The quantitative estimate of drug-likeness (QED) is 0.162. The molecular formula is C54H36BNOSSi. The van der Waals surface area contributed by atoms with Crippen LogP contribution in [-0.2, 0) is 0 Å². The molecule has 0 N–H and O–H groups in total. The summed E-state index contributed by atoms with van der Waals surface area (Å²) >= 11 is 1.87. The minimum atomic E-state index is -2.75. The predicted octanol–water partition coefficient (Wildman–Crippen LogP) is 9.27. The Labute approximate surface area is 350 Å². The van der Waals surface area contributed by atoms with Crippen molar-refractivity contribution in [3.63, 3.8) is 0 Å². The Morgan fingerprint density at radius 2 is 0.915 bits per heavy atom. The molecule has 12 rings (SSSR count). The van der Waals surface area contributed by atoms with Gasteiger partial charge in [-0.15, -0.1) is 0 Å². The SMILES string of the molecule is c1ccc(-c2ccc3c(c2)Oc2cc(N4c5ccccc5[Si](c5ccccc5)(c5ccccc5)c5ccccc54)cc4c2B3c2ccc(-c3ccccc3)cc2S4)cc1. The molecule has 9 aromatic rings. The van der Waals surface area contributed by atoms with Crippen LogP contribution in [0.2, 0.25) is 0 Å². The van der Waals surface area contributed by atoms with Crippen molar-refractivity contribution in [2.45, 2.75) is 9.79 Å². The molecule has 3 aliphatic rings. The van der Waals surface area contributed by atoms with Gasteiger partial charge in [0.2, 0.25) is 0 Å². The Balaban J connectivity index is 1.09. The van der Waals surface area contributed by atoms with Gasteiger partial charge < -0.3 is 9.64 Å². The fourth-order valence-electron chi connectivity index (χ4n) is 9.92. The minimum absolute atomic E-state index is 0.0424. The van der Waals surface area contributed by atoms with Crippen LogP contribution in [-0.4, -0.2) is 14.8 Å². The molecule has 0 radical (unpaired) electrons. The molecule has 59 heavy (non-hydrogen) atoms. The second kappa shape index (κ2) is 13.7. The molecule has 0 saturated heterocycles. The van der Waals surface area contributed by atoms with Crippen molar-refractivity contribution in [1.82, 2.24) is 0 Å². The molecule has 3 aliphatic heterocycles. The standard InChI is InChI=1S/C54H36BNOSSi/c1-5-17-37(18-6-1)39-29-31-44-48(33-39)57-49-35-41(36-51-54(49)55(44)45-32-30-40(34-50(45)58-51)38-19-7-2-8-20-38)56-46-25-13-15-27-52(46)59(42-21-9-3-10-22-42,43-23-11-4-12-24-43)53-28-16-14-26-47(53)56/h1-36H. The second-order valence-corrected chi connectivity index (χ2v) is 20.4. The zero-order valence-corrected chi connectivity index (χ0v) is 33.9. The summed E-state index contributed by atoms with van der Waals surface area (Å²) in [6, 6.07) is 80.6. The number of para-hydroxylation sites is 2. The number of rotatable bonds is 5. The highest BCUT2D eigenvalue weighted by Gasteiger charge is 2.49. The number of fused-ring (bicyclic) bond motifs is 6. The maximum Gasteiger partial charge on any atom is 0.253 e. The number of anilines is 3. The van der Waals surface area contributed by atoms with Crippen LogP contribution in [0.5, 0.6) is 11.5 Å². The molecule has 5 heteroatoms. The highest BCUT2D eigenvalue weighted by atomic mass is 32.2. The topological polar surface area (TPSA) is 12.5 Å². The van der Waals surface area contributed by atoms with Crippen LogP contribution in [0.1, 0.15) is 0 Å². The first kappa shape index (κ1) is 34.3. The lowest BCUT2D eigenvalue weighted by molar-refractivity contribution is 0.486. The van der Waals surface area contributed by atoms with Crippen molar-refractivity contribution in [3.8, 4) is 33.8 Å². The Morgan fingerprint density at radius 3 is 1.51 bits per heavy atom. The van der Waals surface area contributed by atoms with Crippen molar-refractivity contribution < 1.29 is 4.74 Å². The van der Waals surface area contributed by atoms with Crippen LogP contribution >= 0.6 is 11.8 Å². The lowest BCUT2D eigenvalue weighted by Gasteiger charge is -2.45. The molecular weight excluding hydrogens is 750 g/mol. The Hall–Kier alpha value is -6.79. The summed E-state index contributed by atoms with van der Waals surface area (Å²) in [4.78, 5) is 5.02. The molecule has 0 spiro atoms. The van der Waals surface area contributed by atoms with E-state index < -0.39 is 8.07 Å². The van der Waals surface area contributed by atoms with Crippen LogP contribution in [0.3, 0.4) is 0 Å². The molecule has 3 heterocycles. The average Bonchev–Trinajstić information content (AvgIpc) is 3.31. The average molecular weight is 786 g/mol. The van der Waals surface area contributed by atoms with Gasteiger partial charge in [-0.3, -0.25) is 0 Å². The number of ether oxygens (including phenoxy) is 1. The molecule has 0 aromatic heterocycles. The highest BCUT2D eigenvalue weighted by Crippen LogP contribution is 2.45. The molecule has 0 fully saturated rings. The summed E-state index contributed by atoms with van der Waals surface area (Å²) in [5, 5.41) is 5.52. The third-order valence-corrected chi connectivity index (χ3v) is 18.4.